The fraction of sp³-hybridized carbons (Fsp3) is 0.562. The van der Waals surface area contributed by atoms with Crippen molar-refractivity contribution in [2.45, 2.75) is 37.6 Å². The Morgan fingerprint density at radius 1 is 0.955 bits per heavy atom. The largest absolute Gasteiger partial charge is 0.453 e. The predicted octanol–water partition coefficient (Wildman–Crippen LogP) is 1.63. The van der Waals surface area contributed by atoms with Crippen molar-refractivity contribution < 1.29 is 28.5 Å². The molecular weight excluding hydrogens is 288 g/mol. The first-order valence-electron chi connectivity index (χ1n) is 7.12. The van der Waals surface area contributed by atoms with Crippen molar-refractivity contribution in [3.8, 4) is 0 Å². The highest BCUT2D eigenvalue weighted by Gasteiger charge is 2.47. The molecule has 0 amide bonds. The molecule has 1 aliphatic rings. The summed E-state index contributed by atoms with van der Waals surface area (Å²) in [5, 5.41) is 0. The van der Waals surface area contributed by atoms with E-state index in [0.29, 0.717) is 5.56 Å². The molecule has 5 atom stereocenters. The SMILES string of the molecule is CO[C@H]1O[C@H](C)[C@@H](OC(=O)c2ccccc2)[C@@H](OC)[C@@H]1OC. The average molecular weight is 310 g/mol. The molecule has 6 nitrogen and oxygen atoms in total. The zero-order chi connectivity index (χ0) is 16.1. The number of hydrogen-bond donors (Lipinski definition) is 0. The number of methoxy groups -OCH3 is 3. The summed E-state index contributed by atoms with van der Waals surface area (Å²) in [7, 11) is 4.62. The zero-order valence-electron chi connectivity index (χ0n) is 13.2. The number of hydrogen-bond acceptors (Lipinski definition) is 6. The Hall–Kier alpha value is -1.47. The molecule has 1 aliphatic heterocycles. The van der Waals surface area contributed by atoms with Crippen molar-refractivity contribution in [3.63, 3.8) is 0 Å². The van der Waals surface area contributed by atoms with Crippen LogP contribution >= 0.6 is 0 Å². The molecule has 0 unspecified atom stereocenters. The van der Waals surface area contributed by atoms with Gasteiger partial charge in [0, 0.05) is 21.3 Å². The average Bonchev–Trinajstić information content (AvgIpc) is 2.56. The molecule has 0 saturated carbocycles. The van der Waals surface area contributed by atoms with Crippen LogP contribution in [0.4, 0.5) is 0 Å². The summed E-state index contributed by atoms with van der Waals surface area (Å²) >= 11 is 0. The van der Waals surface area contributed by atoms with Gasteiger partial charge >= 0.3 is 5.97 Å². The maximum absolute atomic E-state index is 12.3. The van der Waals surface area contributed by atoms with Gasteiger partial charge in [0.1, 0.15) is 12.2 Å². The fourth-order valence-corrected chi connectivity index (χ4v) is 2.61. The Morgan fingerprint density at radius 2 is 1.59 bits per heavy atom. The highest BCUT2D eigenvalue weighted by atomic mass is 16.7. The lowest BCUT2D eigenvalue weighted by Gasteiger charge is -2.43. The van der Waals surface area contributed by atoms with Gasteiger partial charge in [0.2, 0.25) is 0 Å². The van der Waals surface area contributed by atoms with E-state index in [1.54, 1.807) is 31.4 Å². The van der Waals surface area contributed by atoms with E-state index < -0.39 is 30.6 Å². The predicted molar refractivity (Wildman–Crippen MR) is 78.6 cm³/mol. The monoisotopic (exact) mass is 310 g/mol. The first-order chi connectivity index (χ1) is 10.6. The maximum atomic E-state index is 12.3. The van der Waals surface area contributed by atoms with Gasteiger partial charge in [-0.05, 0) is 19.1 Å². The second kappa shape index (κ2) is 7.69. The molecule has 1 heterocycles. The third-order valence-electron chi connectivity index (χ3n) is 3.76. The van der Waals surface area contributed by atoms with E-state index in [1.165, 1.54) is 14.2 Å². The van der Waals surface area contributed by atoms with E-state index in [1.807, 2.05) is 13.0 Å². The third kappa shape index (κ3) is 3.47. The van der Waals surface area contributed by atoms with Crippen LogP contribution in [0.15, 0.2) is 30.3 Å². The minimum atomic E-state index is -0.589. The van der Waals surface area contributed by atoms with Gasteiger partial charge in [-0.3, -0.25) is 0 Å². The molecule has 1 fully saturated rings. The molecule has 122 valence electrons. The number of carbonyl (C=O) groups is 1. The molecule has 0 radical (unpaired) electrons. The van der Waals surface area contributed by atoms with Crippen LogP contribution in [0.5, 0.6) is 0 Å². The Bertz CT molecular complexity index is 477. The first kappa shape index (κ1) is 16.9. The van der Waals surface area contributed by atoms with E-state index in [-0.39, 0.29) is 6.10 Å². The highest BCUT2D eigenvalue weighted by Crippen LogP contribution is 2.28. The summed E-state index contributed by atoms with van der Waals surface area (Å²) in [6.07, 6.45) is -2.51. The minimum Gasteiger partial charge on any atom is -0.453 e. The molecule has 1 saturated heterocycles. The van der Waals surface area contributed by atoms with Gasteiger partial charge in [-0.15, -0.1) is 0 Å². The number of ether oxygens (including phenoxy) is 5. The van der Waals surface area contributed by atoms with Crippen LogP contribution in [0.3, 0.4) is 0 Å². The van der Waals surface area contributed by atoms with E-state index >= 15 is 0 Å². The molecule has 22 heavy (non-hydrogen) atoms. The van der Waals surface area contributed by atoms with Crippen LogP contribution in [-0.2, 0) is 23.7 Å². The molecule has 0 N–H and O–H groups in total. The number of esters is 1. The zero-order valence-corrected chi connectivity index (χ0v) is 13.2. The molecule has 2 rings (SSSR count). The normalized spacial score (nSPS) is 31.7. The molecule has 1 aromatic carbocycles. The van der Waals surface area contributed by atoms with Crippen LogP contribution in [0.25, 0.3) is 0 Å². The van der Waals surface area contributed by atoms with Gasteiger partial charge in [-0.25, -0.2) is 4.79 Å². The fourth-order valence-electron chi connectivity index (χ4n) is 2.61. The van der Waals surface area contributed by atoms with Crippen molar-refractivity contribution in [1.82, 2.24) is 0 Å². The number of carbonyl (C=O) groups excluding carboxylic acids is 1. The Balaban J connectivity index is 2.15. The summed E-state index contributed by atoms with van der Waals surface area (Å²) in [4.78, 5) is 12.3. The number of rotatable bonds is 5. The van der Waals surface area contributed by atoms with Gasteiger partial charge in [0.05, 0.1) is 11.7 Å². The van der Waals surface area contributed by atoms with Crippen LogP contribution in [-0.4, -0.2) is 58.0 Å². The Labute approximate surface area is 130 Å². The van der Waals surface area contributed by atoms with Crippen LogP contribution < -0.4 is 0 Å². The first-order valence-corrected chi connectivity index (χ1v) is 7.12. The van der Waals surface area contributed by atoms with E-state index in [2.05, 4.69) is 0 Å². The molecule has 0 bridgehead atoms. The molecule has 1 aromatic rings. The second-order valence-electron chi connectivity index (χ2n) is 5.08. The second-order valence-corrected chi connectivity index (χ2v) is 5.08. The lowest BCUT2D eigenvalue weighted by Crippen LogP contribution is -2.59. The van der Waals surface area contributed by atoms with Crippen molar-refractivity contribution in [1.29, 1.82) is 0 Å². The molecule has 0 aromatic heterocycles. The molecular formula is C16H22O6. The summed E-state index contributed by atoms with van der Waals surface area (Å²) in [6, 6.07) is 8.80. The lowest BCUT2D eigenvalue weighted by atomic mass is 9.99. The summed E-state index contributed by atoms with van der Waals surface area (Å²) < 4.78 is 27.5. The molecule has 0 aliphatic carbocycles. The van der Waals surface area contributed by atoms with E-state index in [9.17, 15) is 4.79 Å². The van der Waals surface area contributed by atoms with Gasteiger partial charge in [0.25, 0.3) is 0 Å². The van der Waals surface area contributed by atoms with Crippen molar-refractivity contribution in [2.75, 3.05) is 21.3 Å². The number of benzene rings is 1. The van der Waals surface area contributed by atoms with Gasteiger partial charge in [0.15, 0.2) is 12.4 Å². The standard InChI is InChI=1S/C16H22O6/c1-10-12(22-15(17)11-8-6-5-7-9-11)13(18-2)14(19-3)16(20-4)21-10/h5-10,12-14,16H,1-4H3/t10-,12-,13-,14+,16+/m1/s1. The van der Waals surface area contributed by atoms with Gasteiger partial charge in [-0.2, -0.15) is 0 Å². The van der Waals surface area contributed by atoms with Gasteiger partial charge in [-0.1, -0.05) is 18.2 Å². The van der Waals surface area contributed by atoms with Crippen molar-refractivity contribution >= 4 is 5.97 Å². The van der Waals surface area contributed by atoms with E-state index in [4.69, 9.17) is 23.7 Å². The molecule has 0 spiro atoms. The Kier molecular flexibility index (Phi) is 5.90. The van der Waals surface area contributed by atoms with Crippen LogP contribution in [0.1, 0.15) is 17.3 Å². The quantitative estimate of drug-likeness (QED) is 0.770. The summed E-state index contributed by atoms with van der Waals surface area (Å²) in [6.45, 7) is 1.81. The van der Waals surface area contributed by atoms with Crippen molar-refractivity contribution in [3.05, 3.63) is 35.9 Å². The molecule has 6 heteroatoms. The van der Waals surface area contributed by atoms with Gasteiger partial charge < -0.3 is 23.7 Å². The summed E-state index contributed by atoms with van der Waals surface area (Å²) in [5.41, 5.74) is 0.479. The lowest BCUT2D eigenvalue weighted by molar-refractivity contribution is -0.294. The third-order valence-corrected chi connectivity index (χ3v) is 3.76. The Morgan fingerprint density at radius 3 is 2.14 bits per heavy atom. The maximum Gasteiger partial charge on any atom is 0.338 e. The highest BCUT2D eigenvalue weighted by molar-refractivity contribution is 5.89. The van der Waals surface area contributed by atoms with Crippen molar-refractivity contribution in [2.24, 2.45) is 0 Å². The summed E-state index contributed by atoms with van der Waals surface area (Å²) in [5.74, 6) is -0.422. The topological polar surface area (TPSA) is 63.2 Å². The van der Waals surface area contributed by atoms with E-state index in [0.717, 1.165) is 0 Å². The van der Waals surface area contributed by atoms with Crippen LogP contribution in [0, 0.1) is 0 Å². The smallest absolute Gasteiger partial charge is 0.338 e. The van der Waals surface area contributed by atoms with Crippen LogP contribution in [0.2, 0.25) is 0 Å². The minimum absolute atomic E-state index is 0.381.